The first-order valence-corrected chi connectivity index (χ1v) is 8.08. The molecule has 0 aromatic rings. The third kappa shape index (κ3) is 2.43. The van der Waals surface area contributed by atoms with Crippen molar-refractivity contribution in [1.29, 1.82) is 0 Å². The predicted molar refractivity (Wildman–Crippen MR) is 64.8 cm³/mol. The van der Waals surface area contributed by atoms with Crippen LogP contribution in [-0.2, 0) is 14.9 Å². The summed E-state index contributed by atoms with van der Waals surface area (Å²) in [6.45, 7) is 2.77. The molecule has 0 spiro atoms. The zero-order valence-electron chi connectivity index (χ0n) is 9.14. The summed E-state index contributed by atoms with van der Waals surface area (Å²) in [6.07, 6.45) is 1.95. The SMILES string of the molecule is O=S(=O)(N1CCCC1)N1CCOCC1CBr. The molecule has 0 aromatic heterocycles. The Morgan fingerprint density at radius 1 is 1.25 bits per heavy atom. The van der Waals surface area contributed by atoms with Crippen LogP contribution in [0, 0.1) is 0 Å². The fourth-order valence-corrected chi connectivity index (χ4v) is 4.69. The fraction of sp³-hybridized carbons (Fsp3) is 1.00. The van der Waals surface area contributed by atoms with Gasteiger partial charge in [0.2, 0.25) is 0 Å². The van der Waals surface area contributed by atoms with Crippen molar-refractivity contribution in [3.05, 3.63) is 0 Å². The summed E-state index contributed by atoms with van der Waals surface area (Å²) >= 11 is 3.35. The van der Waals surface area contributed by atoms with Crippen LogP contribution in [0.4, 0.5) is 0 Å². The van der Waals surface area contributed by atoms with Gasteiger partial charge in [0, 0.05) is 25.0 Å². The molecule has 0 radical (unpaired) electrons. The van der Waals surface area contributed by atoms with E-state index in [2.05, 4.69) is 15.9 Å². The first-order valence-electron chi connectivity index (χ1n) is 5.57. The summed E-state index contributed by atoms with van der Waals surface area (Å²) in [5.74, 6) is 0. The molecule has 2 rings (SSSR count). The number of ether oxygens (including phenoxy) is 1. The molecule has 0 amide bonds. The average molecular weight is 313 g/mol. The van der Waals surface area contributed by atoms with Gasteiger partial charge in [0.15, 0.2) is 0 Å². The molecule has 2 fully saturated rings. The van der Waals surface area contributed by atoms with Gasteiger partial charge >= 0.3 is 0 Å². The molecular formula is C9H17BrN2O3S. The van der Waals surface area contributed by atoms with Gasteiger partial charge < -0.3 is 4.74 Å². The molecule has 0 aromatic carbocycles. The first kappa shape index (κ1) is 12.8. The van der Waals surface area contributed by atoms with Crippen LogP contribution in [0.2, 0.25) is 0 Å². The predicted octanol–water partition coefficient (Wildman–Crippen LogP) is 0.423. The molecule has 5 nitrogen and oxygen atoms in total. The van der Waals surface area contributed by atoms with Gasteiger partial charge in [-0.15, -0.1) is 0 Å². The smallest absolute Gasteiger partial charge is 0.282 e. The Kier molecular flexibility index (Phi) is 4.23. The minimum absolute atomic E-state index is 0.0700. The molecule has 94 valence electrons. The number of alkyl halides is 1. The summed E-state index contributed by atoms with van der Waals surface area (Å²) in [5, 5.41) is 0.625. The fourth-order valence-electron chi connectivity index (χ4n) is 2.13. The molecule has 0 saturated carbocycles. The second-order valence-corrected chi connectivity index (χ2v) is 6.64. The summed E-state index contributed by atoms with van der Waals surface area (Å²) in [7, 11) is -3.27. The molecule has 2 heterocycles. The summed E-state index contributed by atoms with van der Waals surface area (Å²) in [4.78, 5) is 0. The highest BCUT2D eigenvalue weighted by Gasteiger charge is 2.37. The summed E-state index contributed by atoms with van der Waals surface area (Å²) in [6, 6.07) is -0.0700. The van der Waals surface area contributed by atoms with Crippen LogP contribution in [0.3, 0.4) is 0 Å². The standard InChI is InChI=1S/C9H17BrN2O3S/c10-7-9-8-15-6-5-12(9)16(13,14)11-3-1-2-4-11/h9H,1-8H2. The van der Waals surface area contributed by atoms with Gasteiger partial charge in [0.05, 0.1) is 19.3 Å². The third-order valence-electron chi connectivity index (χ3n) is 3.04. The maximum atomic E-state index is 12.3. The lowest BCUT2D eigenvalue weighted by Gasteiger charge is -2.35. The van der Waals surface area contributed by atoms with E-state index < -0.39 is 10.2 Å². The van der Waals surface area contributed by atoms with Crippen LogP contribution in [-0.4, -0.2) is 61.2 Å². The van der Waals surface area contributed by atoms with Gasteiger partial charge in [-0.05, 0) is 12.8 Å². The summed E-state index contributed by atoms with van der Waals surface area (Å²) < 4.78 is 33.1. The van der Waals surface area contributed by atoms with Crippen molar-refractivity contribution in [2.45, 2.75) is 18.9 Å². The van der Waals surface area contributed by atoms with Gasteiger partial charge in [-0.3, -0.25) is 0 Å². The Morgan fingerprint density at radius 2 is 1.94 bits per heavy atom. The minimum atomic E-state index is -3.27. The van der Waals surface area contributed by atoms with E-state index in [0.717, 1.165) is 12.8 Å². The number of hydrogen-bond donors (Lipinski definition) is 0. The topological polar surface area (TPSA) is 49.9 Å². The molecular weight excluding hydrogens is 296 g/mol. The number of morpholine rings is 1. The van der Waals surface area contributed by atoms with E-state index in [4.69, 9.17) is 4.74 Å². The van der Waals surface area contributed by atoms with Gasteiger partial charge in [0.1, 0.15) is 0 Å². The molecule has 2 aliphatic rings. The second-order valence-electron chi connectivity index (χ2n) is 4.11. The molecule has 1 atom stereocenters. The average Bonchev–Trinajstić information content (AvgIpc) is 2.83. The van der Waals surface area contributed by atoms with E-state index in [1.165, 1.54) is 0 Å². The van der Waals surface area contributed by atoms with Crippen molar-refractivity contribution < 1.29 is 13.2 Å². The van der Waals surface area contributed by atoms with Crippen molar-refractivity contribution in [2.24, 2.45) is 0 Å². The van der Waals surface area contributed by atoms with Gasteiger partial charge in [-0.1, -0.05) is 15.9 Å². The molecule has 0 aliphatic carbocycles. The van der Waals surface area contributed by atoms with E-state index in [0.29, 0.717) is 38.2 Å². The van der Waals surface area contributed by atoms with Crippen LogP contribution >= 0.6 is 15.9 Å². The van der Waals surface area contributed by atoms with E-state index in [9.17, 15) is 8.42 Å². The van der Waals surface area contributed by atoms with E-state index >= 15 is 0 Å². The Balaban J connectivity index is 2.13. The van der Waals surface area contributed by atoms with Crippen LogP contribution in [0.5, 0.6) is 0 Å². The highest BCUT2D eigenvalue weighted by Crippen LogP contribution is 2.21. The molecule has 1 unspecified atom stereocenters. The quantitative estimate of drug-likeness (QED) is 0.710. The number of hydrogen-bond acceptors (Lipinski definition) is 3. The Bertz CT molecular complexity index is 330. The van der Waals surface area contributed by atoms with Crippen LogP contribution in [0.15, 0.2) is 0 Å². The zero-order valence-corrected chi connectivity index (χ0v) is 11.5. The summed E-state index contributed by atoms with van der Waals surface area (Å²) in [5.41, 5.74) is 0. The number of halogens is 1. The Labute approximate surface area is 105 Å². The minimum Gasteiger partial charge on any atom is -0.378 e. The van der Waals surface area contributed by atoms with Crippen molar-refractivity contribution in [3.63, 3.8) is 0 Å². The molecule has 0 bridgehead atoms. The highest BCUT2D eigenvalue weighted by atomic mass is 79.9. The maximum Gasteiger partial charge on any atom is 0.282 e. The van der Waals surface area contributed by atoms with Gasteiger partial charge in [0.25, 0.3) is 10.2 Å². The molecule has 2 aliphatic heterocycles. The third-order valence-corrected chi connectivity index (χ3v) is 5.88. The van der Waals surface area contributed by atoms with Crippen molar-refractivity contribution in [3.8, 4) is 0 Å². The van der Waals surface area contributed by atoms with Crippen molar-refractivity contribution >= 4 is 26.1 Å². The van der Waals surface area contributed by atoms with Crippen LogP contribution in [0.1, 0.15) is 12.8 Å². The monoisotopic (exact) mass is 312 g/mol. The number of rotatable bonds is 3. The Hall–Kier alpha value is 0.310. The van der Waals surface area contributed by atoms with Crippen molar-refractivity contribution in [2.75, 3.05) is 38.2 Å². The second kappa shape index (κ2) is 5.30. The normalized spacial score (nSPS) is 29.7. The number of nitrogens with zero attached hydrogens (tertiary/aromatic N) is 2. The van der Waals surface area contributed by atoms with E-state index in [-0.39, 0.29) is 6.04 Å². The van der Waals surface area contributed by atoms with Gasteiger partial charge in [-0.2, -0.15) is 17.0 Å². The molecule has 16 heavy (non-hydrogen) atoms. The van der Waals surface area contributed by atoms with Crippen molar-refractivity contribution in [1.82, 2.24) is 8.61 Å². The lowest BCUT2D eigenvalue weighted by molar-refractivity contribution is 0.0388. The van der Waals surface area contributed by atoms with Crippen LogP contribution in [0.25, 0.3) is 0 Å². The highest BCUT2D eigenvalue weighted by molar-refractivity contribution is 9.09. The first-order chi connectivity index (χ1) is 7.66. The van der Waals surface area contributed by atoms with E-state index in [1.807, 2.05) is 0 Å². The molecule has 7 heteroatoms. The lowest BCUT2D eigenvalue weighted by Crippen LogP contribution is -2.54. The van der Waals surface area contributed by atoms with E-state index in [1.54, 1.807) is 8.61 Å². The Morgan fingerprint density at radius 3 is 2.56 bits per heavy atom. The van der Waals surface area contributed by atoms with Gasteiger partial charge in [-0.25, -0.2) is 0 Å². The maximum absolute atomic E-state index is 12.3. The molecule has 2 saturated heterocycles. The zero-order chi connectivity index (χ0) is 11.6. The van der Waals surface area contributed by atoms with Crippen LogP contribution < -0.4 is 0 Å². The molecule has 0 N–H and O–H groups in total. The largest absolute Gasteiger partial charge is 0.378 e. The lowest BCUT2D eigenvalue weighted by atomic mass is 10.3.